The zero-order chi connectivity index (χ0) is 23.0. The summed E-state index contributed by atoms with van der Waals surface area (Å²) in [6.45, 7) is 4.08. The number of hydrogen-bond acceptors (Lipinski definition) is 5. The number of nitrogens with one attached hydrogen (secondary N) is 1. The van der Waals surface area contributed by atoms with Gasteiger partial charge in [-0.2, -0.15) is 5.10 Å². The molecule has 0 aliphatic carbocycles. The van der Waals surface area contributed by atoms with Crippen molar-refractivity contribution in [3.8, 4) is 28.1 Å². The van der Waals surface area contributed by atoms with Gasteiger partial charge in [0.1, 0.15) is 11.4 Å². The standard InChI is InChI=1S/C24H22F3N5O/c1-31-9-11-32(12-10-31)19-7-5-16(6-8-19)18-14-21-22(29-30-23(21)28-15-18)17-3-2-4-20(13-17)33-24(25,26)27/h2-8,13-15H,9-12H2,1H3,(H,28,29,30). The third-order valence-electron chi connectivity index (χ3n) is 5.83. The maximum Gasteiger partial charge on any atom is 0.573 e. The number of likely N-dealkylation sites (N-methyl/N-ethyl adjacent to an activating group) is 1. The summed E-state index contributed by atoms with van der Waals surface area (Å²) in [5, 5.41) is 7.86. The monoisotopic (exact) mass is 453 g/mol. The largest absolute Gasteiger partial charge is 0.573 e. The quantitative estimate of drug-likeness (QED) is 0.474. The molecule has 9 heteroatoms. The van der Waals surface area contributed by atoms with Crippen LogP contribution in [0.2, 0.25) is 0 Å². The zero-order valence-corrected chi connectivity index (χ0v) is 17.9. The predicted octanol–water partition coefficient (Wildman–Crippen LogP) is 4.94. The minimum atomic E-state index is -4.75. The summed E-state index contributed by atoms with van der Waals surface area (Å²) in [6.07, 6.45) is -2.99. The number of nitrogens with zero attached hydrogens (tertiary/aromatic N) is 4. The summed E-state index contributed by atoms with van der Waals surface area (Å²) in [6, 6.07) is 16.1. The second kappa shape index (κ2) is 8.40. The van der Waals surface area contributed by atoms with Gasteiger partial charge in [0, 0.05) is 54.6 Å². The molecule has 0 spiro atoms. The molecule has 0 unspecified atom stereocenters. The topological polar surface area (TPSA) is 57.3 Å². The fourth-order valence-corrected chi connectivity index (χ4v) is 4.05. The third kappa shape index (κ3) is 4.63. The highest BCUT2D eigenvalue weighted by Gasteiger charge is 2.31. The van der Waals surface area contributed by atoms with E-state index in [2.05, 4.69) is 61.0 Å². The third-order valence-corrected chi connectivity index (χ3v) is 5.83. The van der Waals surface area contributed by atoms with E-state index >= 15 is 0 Å². The van der Waals surface area contributed by atoms with Crippen LogP contribution >= 0.6 is 0 Å². The number of anilines is 1. The van der Waals surface area contributed by atoms with Crippen molar-refractivity contribution in [3.63, 3.8) is 0 Å². The Morgan fingerprint density at radius 2 is 1.67 bits per heavy atom. The Hall–Kier alpha value is -3.59. The van der Waals surface area contributed by atoms with E-state index in [-0.39, 0.29) is 5.75 Å². The molecule has 1 N–H and O–H groups in total. The van der Waals surface area contributed by atoms with E-state index in [0.29, 0.717) is 16.9 Å². The van der Waals surface area contributed by atoms with Crippen LogP contribution < -0.4 is 9.64 Å². The summed E-state index contributed by atoms with van der Waals surface area (Å²) in [5.74, 6) is -0.292. The van der Waals surface area contributed by atoms with Gasteiger partial charge in [-0.05, 0) is 42.9 Å². The number of halogens is 3. The van der Waals surface area contributed by atoms with Gasteiger partial charge in [-0.3, -0.25) is 5.10 Å². The van der Waals surface area contributed by atoms with Crippen LogP contribution in [0.1, 0.15) is 0 Å². The van der Waals surface area contributed by atoms with Gasteiger partial charge < -0.3 is 14.5 Å². The minimum absolute atomic E-state index is 0.292. The fraction of sp³-hybridized carbons (Fsp3) is 0.250. The number of alkyl halides is 3. The molecule has 0 saturated carbocycles. The van der Waals surface area contributed by atoms with Crippen LogP contribution in [0.5, 0.6) is 5.75 Å². The fourth-order valence-electron chi connectivity index (χ4n) is 4.05. The Morgan fingerprint density at radius 1 is 0.909 bits per heavy atom. The van der Waals surface area contributed by atoms with Crippen LogP contribution in [0, 0.1) is 0 Å². The van der Waals surface area contributed by atoms with Gasteiger partial charge in [0.05, 0.1) is 0 Å². The Balaban J connectivity index is 1.44. The van der Waals surface area contributed by atoms with E-state index in [1.54, 1.807) is 12.3 Å². The van der Waals surface area contributed by atoms with Gasteiger partial charge in [-0.25, -0.2) is 4.98 Å². The highest BCUT2D eigenvalue weighted by atomic mass is 19.4. The zero-order valence-electron chi connectivity index (χ0n) is 17.9. The Bertz CT molecular complexity index is 1260. The number of rotatable bonds is 4. The van der Waals surface area contributed by atoms with Gasteiger partial charge in [-0.1, -0.05) is 24.3 Å². The first kappa shape index (κ1) is 21.3. The van der Waals surface area contributed by atoms with Crippen molar-refractivity contribution < 1.29 is 17.9 Å². The number of aromatic nitrogens is 3. The number of benzene rings is 2. The lowest BCUT2D eigenvalue weighted by atomic mass is 10.0. The molecule has 0 amide bonds. The molecule has 2 aromatic heterocycles. The average Bonchev–Trinajstić information content (AvgIpc) is 3.22. The second-order valence-electron chi connectivity index (χ2n) is 8.11. The molecular formula is C24H22F3N5O. The molecular weight excluding hydrogens is 431 g/mol. The highest BCUT2D eigenvalue weighted by molar-refractivity contribution is 5.93. The molecule has 170 valence electrons. The SMILES string of the molecule is CN1CCN(c2ccc(-c3cnc4[nH]nc(-c5cccc(OC(F)(F)F)c5)c4c3)cc2)CC1. The smallest absolute Gasteiger partial charge is 0.406 e. The van der Waals surface area contributed by atoms with Crippen molar-refractivity contribution in [3.05, 3.63) is 60.8 Å². The summed E-state index contributed by atoms with van der Waals surface area (Å²) in [7, 11) is 2.13. The lowest BCUT2D eigenvalue weighted by Crippen LogP contribution is -2.44. The first-order valence-electron chi connectivity index (χ1n) is 10.6. The molecule has 1 saturated heterocycles. The molecule has 3 heterocycles. The number of H-pyrrole nitrogens is 1. The Morgan fingerprint density at radius 3 is 2.39 bits per heavy atom. The molecule has 33 heavy (non-hydrogen) atoms. The maximum atomic E-state index is 12.6. The first-order chi connectivity index (χ1) is 15.9. The average molecular weight is 453 g/mol. The molecule has 1 aliphatic rings. The Kier molecular flexibility index (Phi) is 5.41. The number of hydrogen-bond donors (Lipinski definition) is 1. The lowest BCUT2D eigenvalue weighted by Gasteiger charge is -2.34. The predicted molar refractivity (Wildman–Crippen MR) is 121 cm³/mol. The van der Waals surface area contributed by atoms with E-state index < -0.39 is 6.36 Å². The molecule has 0 atom stereocenters. The van der Waals surface area contributed by atoms with E-state index in [1.807, 2.05) is 6.07 Å². The van der Waals surface area contributed by atoms with Crippen LogP contribution in [0.3, 0.4) is 0 Å². The maximum absolute atomic E-state index is 12.6. The number of fused-ring (bicyclic) bond motifs is 1. The van der Waals surface area contributed by atoms with Crippen molar-refractivity contribution in [2.75, 3.05) is 38.1 Å². The van der Waals surface area contributed by atoms with Gasteiger partial charge in [-0.15, -0.1) is 13.2 Å². The van der Waals surface area contributed by atoms with Crippen molar-refractivity contribution >= 4 is 16.7 Å². The number of ether oxygens (including phenoxy) is 1. The molecule has 2 aromatic carbocycles. The molecule has 6 nitrogen and oxygen atoms in total. The van der Waals surface area contributed by atoms with Crippen LogP contribution in [-0.2, 0) is 0 Å². The molecule has 0 bridgehead atoms. The number of pyridine rings is 1. The molecule has 1 fully saturated rings. The van der Waals surface area contributed by atoms with Gasteiger partial charge in [0.15, 0.2) is 5.65 Å². The van der Waals surface area contributed by atoms with Crippen molar-refractivity contribution in [2.45, 2.75) is 6.36 Å². The van der Waals surface area contributed by atoms with Gasteiger partial charge in [0.2, 0.25) is 0 Å². The van der Waals surface area contributed by atoms with Gasteiger partial charge >= 0.3 is 6.36 Å². The molecule has 1 aliphatic heterocycles. The highest BCUT2D eigenvalue weighted by Crippen LogP contribution is 2.32. The normalized spacial score (nSPS) is 15.2. The summed E-state index contributed by atoms with van der Waals surface area (Å²) < 4.78 is 41.9. The van der Waals surface area contributed by atoms with Crippen LogP contribution in [0.25, 0.3) is 33.4 Å². The van der Waals surface area contributed by atoms with E-state index in [9.17, 15) is 13.2 Å². The van der Waals surface area contributed by atoms with Crippen molar-refractivity contribution in [2.24, 2.45) is 0 Å². The number of piperazine rings is 1. The number of aromatic amines is 1. The minimum Gasteiger partial charge on any atom is -0.406 e. The summed E-state index contributed by atoms with van der Waals surface area (Å²) in [5.41, 5.74) is 4.67. The Labute approximate surface area is 188 Å². The lowest BCUT2D eigenvalue weighted by molar-refractivity contribution is -0.274. The van der Waals surface area contributed by atoms with Gasteiger partial charge in [0.25, 0.3) is 0 Å². The van der Waals surface area contributed by atoms with Crippen LogP contribution in [0.4, 0.5) is 18.9 Å². The molecule has 0 radical (unpaired) electrons. The van der Waals surface area contributed by atoms with Crippen molar-refractivity contribution in [1.29, 1.82) is 0 Å². The van der Waals surface area contributed by atoms with E-state index in [1.165, 1.54) is 23.9 Å². The van der Waals surface area contributed by atoms with Crippen molar-refractivity contribution in [1.82, 2.24) is 20.1 Å². The van der Waals surface area contributed by atoms with Crippen LogP contribution in [-0.4, -0.2) is 59.7 Å². The van der Waals surface area contributed by atoms with E-state index in [0.717, 1.165) is 42.7 Å². The molecule has 5 rings (SSSR count). The summed E-state index contributed by atoms with van der Waals surface area (Å²) >= 11 is 0. The summed E-state index contributed by atoms with van der Waals surface area (Å²) in [4.78, 5) is 9.15. The first-order valence-corrected chi connectivity index (χ1v) is 10.6. The van der Waals surface area contributed by atoms with E-state index in [4.69, 9.17) is 0 Å². The molecule has 4 aromatic rings. The van der Waals surface area contributed by atoms with Crippen LogP contribution in [0.15, 0.2) is 60.8 Å². The second-order valence-corrected chi connectivity index (χ2v) is 8.11.